The summed E-state index contributed by atoms with van der Waals surface area (Å²) >= 11 is 1.79. The van der Waals surface area contributed by atoms with Crippen LogP contribution in [0.15, 0.2) is 41.8 Å². The van der Waals surface area contributed by atoms with Gasteiger partial charge in [-0.1, -0.05) is 37.3 Å². The number of rotatable bonds is 4. The van der Waals surface area contributed by atoms with Gasteiger partial charge in [0.05, 0.1) is 6.10 Å². The zero-order valence-electron chi connectivity index (χ0n) is 11.1. The molecule has 3 rings (SSSR count). The standard InChI is InChI=1S/C16H19NOS/c1-2-17(11-13-7-5-9-19-13)15-10-12-6-3-4-8-14(12)16(15)18/h3-9,15-16,18H,2,10-11H2,1H3. The lowest BCUT2D eigenvalue weighted by atomic mass is 10.1. The molecule has 0 radical (unpaired) electrons. The summed E-state index contributed by atoms with van der Waals surface area (Å²) in [7, 11) is 0. The van der Waals surface area contributed by atoms with Crippen molar-refractivity contribution in [2.75, 3.05) is 6.54 Å². The number of nitrogens with zero attached hydrogens (tertiary/aromatic N) is 1. The van der Waals surface area contributed by atoms with Crippen LogP contribution in [-0.4, -0.2) is 22.6 Å². The lowest BCUT2D eigenvalue weighted by Crippen LogP contribution is -2.37. The zero-order chi connectivity index (χ0) is 13.2. The molecule has 0 spiro atoms. The van der Waals surface area contributed by atoms with Gasteiger partial charge in [-0.2, -0.15) is 0 Å². The Morgan fingerprint density at radius 1 is 1.26 bits per heavy atom. The second kappa shape index (κ2) is 5.45. The van der Waals surface area contributed by atoms with Crippen molar-refractivity contribution in [3.63, 3.8) is 0 Å². The van der Waals surface area contributed by atoms with Crippen LogP contribution in [0.1, 0.15) is 29.0 Å². The van der Waals surface area contributed by atoms with Crippen LogP contribution in [0.4, 0.5) is 0 Å². The molecule has 0 aliphatic heterocycles. The molecule has 1 N–H and O–H groups in total. The van der Waals surface area contributed by atoms with Gasteiger partial charge in [0.1, 0.15) is 0 Å². The van der Waals surface area contributed by atoms with E-state index in [2.05, 4.69) is 47.5 Å². The molecule has 1 aliphatic rings. The summed E-state index contributed by atoms with van der Waals surface area (Å²) in [4.78, 5) is 3.75. The Kier molecular flexibility index (Phi) is 3.69. The largest absolute Gasteiger partial charge is 0.387 e. The summed E-state index contributed by atoms with van der Waals surface area (Å²) < 4.78 is 0. The Morgan fingerprint density at radius 3 is 2.79 bits per heavy atom. The Hall–Kier alpha value is -1.16. The van der Waals surface area contributed by atoms with Crippen molar-refractivity contribution in [2.45, 2.75) is 32.0 Å². The van der Waals surface area contributed by atoms with Gasteiger partial charge in [-0.3, -0.25) is 4.90 Å². The molecular weight excluding hydrogens is 254 g/mol. The number of thiophene rings is 1. The average molecular weight is 273 g/mol. The van der Waals surface area contributed by atoms with Crippen LogP contribution < -0.4 is 0 Å². The van der Waals surface area contributed by atoms with E-state index in [1.807, 2.05) is 6.07 Å². The van der Waals surface area contributed by atoms with E-state index in [9.17, 15) is 5.11 Å². The predicted octanol–water partition coefficient (Wildman–Crippen LogP) is 3.23. The third-order valence-electron chi connectivity index (χ3n) is 3.98. The van der Waals surface area contributed by atoms with Crippen LogP contribution in [0.2, 0.25) is 0 Å². The zero-order valence-corrected chi connectivity index (χ0v) is 11.9. The van der Waals surface area contributed by atoms with Gasteiger partial charge in [-0.25, -0.2) is 0 Å². The van der Waals surface area contributed by atoms with Crippen molar-refractivity contribution < 1.29 is 5.11 Å². The highest BCUT2D eigenvalue weighted by Crippen LogP contribution is 2.35. The molecule has 2 atom stereocenters. The number of likely N-dealkylation sites (N-methyl/N-ethyl adjacent to an activating group) is 1. The Balaban J connectivity index is 1.79. The smallest absolute Gasteiger partial charge is 0.0951 e. The molecular formula is C16H19NOS. The van der Waals surface area contributed by atoms with E-state index in [0.29, 0.717) is 0 Å². The van der Waals surface area contributed by atoms with Crippen LogP contribution >= 0.6 is 11.3 Å². The summed E-state index contributed by atoms with van der Waals surface area (Å²) in [5.74, 6) is 0. The highest BCUT2D eigenvalue weighted by molar-refractivity contribution is 7.09. The molecule has 2 unspecified atom stereocenters. The lowest BCUT2D eigenvalue weighted by Gasteiger charge is -2.29. The van der Waals surface area contributed by atoms with Gasteiger partial charge in [0.25, 0.3) is 0 Å². The maximum Gasteiger partial charge on any atom is 0.0951 e. The van der Waals surface area contributed by atoms with Crippen molar-refractivity contribution in [3.8, 4) is 0 Å². The van der Waals surface area contributed by atoms with E-state index in [0.717, 1.165) is 25.1 Å². The SMILES string of the molecule is CCN(Cc1cccs1)C1Cc2ccccc2C1O. The number of hydrogen-bond acceptors (Lipinski definition) is 3. The summed E-state index contributed by atoms with van der Waals surface area (Å²) in [6.45, 7) is 4.07. The molecule has 1 aromatic carbocycles. The number of aliphatic hydroxyl groups excluding tert-OH is 1. The third kappa shape index (κ3) is 2.46. The van der Waals surface area contributed by atoms with E-state index in [-0.39, 0.29) is 12.1 Å². The number of hydrogen-bond donors (Lipinski definition) is 1. The van der Waals surface area contributed by atoms with Gasteiger partial charge >= 0.3 is 0 Å². The molecule has 1 aliphatic carbocycles. The van der Waals surface area contributed by atoms with E-state index in [1.54, 1.807) is 11.3 Å². The first-order valence-corrected chi connectivity index (χ1v) is 7.70. The maximum absolute atomic E-state index is 10.5. The van der Waals surface area contributed by atoms with E-state index in [1.165, 1.54) is 10.4 Å². The Bertz CT molecular complexity index is 537. The molecule has 0 saturated heterocycles. The topological polar surface area (TPSA) is 23.5 Å². The molecule has 0 amide bonds. The highest BCUT2D eigenvalue weighted by Gasteiger charge is 2.34. The van der Waals surface area contributed by atoms with Gasteiger partial charge < -0.3 is 5.11 Å². The summed E-state index contributed by atoms with van der Waals surface area (Å²) in [6, 6.07) is 12.7. The molecule has 0 bridgehead atoms. The first-order chi connectivity index (χ1) is 9.29. The normalized spacial score (nSPS) is 21.8. The minimum absolute atomic E-state index is 0.212. The Morgan fingerprint density at radius 2 is 2.11 bits per heavy atom. The second-order valence-corrected chi connectivity index (χ2v) is 6.09. The fourth-order valence-corrected chi connectivity index (χ4v) is 3.68. The molecule has 0 saturated carbocycles. The van der Waals surface area contributed by atoms with E-state index in [4.69, 9.17) is 0 Å². The fraction of sp³-hybridized carbons (Fsp3) is 0.375. The van der Waals surface area contributed by atoms with Crippen molar-refractivity contribution >= 4 is 11.3 Å². The monoisotopic (exact) mass is 273 g/mol. The number of aliphatic hydroxyl groups is 1. The molecule has 0 fully saturated rings. The van der Waals surface area contributed by atoms with Gasteiger partial charge in [0.2, 0.25) is 0 Å². The van der Waals surface area contributed by atoms with Crippen LogP contribution in [-0.2, 0) is 13.0 Å². The summed E-state index contributed by atoms with van der Waals surface area (Å²) in [5, 5.41) is 12.6. The number of fused-ring (bicyclic) bond motifs is 1. The molecule has 19 heavy (non-hydrogen) atoms. The van der Waals surface area contributed by atoms with Crippen molar-refractivity contribution in [2.24, 2.45) is 0 Å². The highest BCUT2D eigenvalue weighted by atomic mass is 32.1. The second-order valence-electron chi connectivity index (χ2n) is 5.06. The molecule has 2 nitrogen and oxygen atoms in total. The molecule has 1 aromatic heterocycles. The van der Waals surface area contributed by atoms with E-state index < -0.39 is 0 Å². The Labute approximate surface area is 118 Å². The molecule has 100 valence electrons. The molecule has 3 heteroatoms. The quantitative estimate of drug-likeness (QED) is 0.924. The molecule has 1 heterocycles. The summed E-state index contributed by atoms with van der Waals surface area (Å²) in [6.07, 6.45) is 0.604. The average Bonchev–Trinajstić information content (AvgIpc) is 3.05. The predicted molar refractivity (Wildman–Crippen MR) is 79.3 cm³/mol. The maximum atomic E-state index is 10.5. The number of benzene rings is 1. The third-order valence-corrected chi connectivity index (χ3v) is 4.84. The van der Waals surface area contributed by atoms with E-state index >= 15 is 0 Å². The minimum atomic E-state index is -0.351. The van der Waals surface area contributed by atoms with Gasteiger partial charge in [-0.05, 0) is 35.5 Å². The fourth-order valence-electron chi connectivity index (χ4n) is 2.95. The molecule has 2 aromatic rings. The van der Waals surface area contributed by atoms with Crippen molar-refractivity contribution in [1.29, 1.82) is 0 Å². The minimum Gasteiger partial charge on any atom is -0.387 e. The first-order valence-electron chi connectivity index (χ1n) is 6.82. The van der Waals surface area contributed by atoms with Crippen molar-refractivity contribution in [3.05, 3.63) is 57.8 Å². The van der Waals surface area contributed by atoms with Crippen LogP contribution in [0, 0.1) is 0 Å². The summed E-state index contributed by atoms with van der Waals surface area (Å²) in [5.41, 5.74) is 2.40. The van der Waals surface area contributed by atoms with Gasteiger partial charge in [0.15, 0.2) is 0 Å². The van der Waals surface area contributed by atoms with Crippen LogP contribution in [0.5, 0.6) is 0 Å². The van der Waals surface area contributed by atoms with Gasteiger partial charge in [-0.15, -0.1) is 11.3 Å². The van der Waals surface area contributed by atoms with Crippen molar-refractivity contribution in [1.82, 2.24) is 4.90 Å². The van der Waals surface area contributed by atoms with Crippen LogP contribution in [0.3, 0.4) is 0 Å². The lowest BCUT2D eigenvalue weighted by molar-refractivity contribution is 0.0597. The first kappa shape index (κ1) is 12.9. The van der Waals surface area contributed by atoms with Gasteiger partial charge in [0, 0.05) is 17.5 Å². The van der Waals surface area contributed by atoms with Crippen LogP contribution in [0.25, 0.3) is 0 Å².